The maximum absolute atomic E-state index is 11.0. The molecule has 18 heavy (non-hydrogen) atoms. The van der Waals surface area contributed by atoms with E-state index in [4.69, 9.17) is 10.8 Å². The number of carboxylic acids is 1. The van der Waals surface area contributed by atoms with E-state index in [9.17, 15) is 4.79 Å². The van der Waals surface area contributed by atoms with Gasteiger partial charge in [0.2, 0.25) is 0 Å². The Bertz CT molecular complexity index is 598. The summed E-state index contributed by atoms with van der Waals surface area (Å²) >= 11 is 0. The lowest BCUT2D eigenvalue weighted by molar-refractivity contribution is 0.0697. The van der Waals surface area contributed by atoms with Gasteiger partial charge in [0, 0.05) is 11.3 Å². The number of aryl methyl sites for hydroxylation is 2. The summed E-state index contributed by atoms with van der Waals surface area (Å²) in [6, 6.07) is 10.8. The van der Waals surface area contributed by atoms with Crippen molar-refractivity contribution in [3.63, 3.8) is 0 Å². The molecule has 0 aliphatic heterocycles. The maximum Gasteiger partial charge on any atom is 0.335 e. The molecule has 3 N–H and O–H groups in total. The normalized spacial score (nSPS) is 10.3. The third-order valence-electron chi connectivity index (χ3n) is 2.83. The molecule has 0 fully saturated rings. The second-order valence-electron chi connectivity index (χ2n) is 4.48. The molecule has 0 saturated heterocycles. The summed E-state index contributed by atoms with van der Waals surface area (Å²) in [6.07, 6.45) is 0. The van der Waals surface area contributed by atoms with Crippen LogP contribution >= 0.6 is 0 Å². The summed E-state index contributed by atoms with van der Waals surface area (Å²) < 4.78 is 0. The minimum Gasteiger partial charge on any atom is -0.478 e. The van der Waals surface area contributed by atoms with Gasteiger partial charge in [-0.05, 0) is 37.6 Å². The molecule has 0 saturated carbocycles. The van der Waals surface area contributed by atoms with Crippen LogP contribution in [0, 0.1) is 13.8 Å². The lowest BCUT2D eigenvalue weighted by Crippen LogP contribution is -1.99. The van der Waals surface area contributed by atoms with E-state index in [0.717, 1.165) is 22.3 Å². The van der Waals surface area contributed by atoms with E-state index in [2.05, 4.69) is 6.07 Å². The summed E-state index contributed by atoms with van der Waals surface area (Å²) in [5, 5.41) is 9.02. The molecule has 0 aromatic heterocycles. The predicted molar refractivity (Wildman–Crippen MR) is 72.7 cm³/mol. The number of carboxylic acid groups (broad SMARTS) is 1. The number of carbonyl (C=O) groups is 1. The van der Waals surface area contributed by atoms with Gasteiger partial charge in [-0.3, -0.25) is 0 Å². The molecule has 2 rings (SSSR count). The zero-order chi connectivity index (χ0) is 13.3. The molecular weight excluding hydrogens is 226 g/mol. The van der Waals surface area contributed by atoms with Crippen molar-refractivity contribution in [2.24, 2.45) is 0 Å². The van der Waals surface area contributed by atoms with Crippen molar-refractivity contribution in [3.8, 4) is 11.1 Å². The van der Waals surface area contributed by atoms with Crippen LogP contribution in [0.3, 0.4) is 0 Å². The van der Waals surface area contributed by atoms with Gasteiger partial charge in [0.1, 0.15) is 0 Å². The smallest absolute Gasteiger partial charge is 0.335 e. The first kappa shape index (κ1) is 12.2. The molecule has 92 valence electrons. The van der Waals surface area contributed by atoms with Crippen LogP contribution in [0.25, 0.3) is 11.1 Å². The zero-order valence-electron chi connectivity index (χ0n) is 10.4. The highest BCUT2D eigenvalue weighted by Gasteiger charge is 2.09. The van der Waals surface area contributed by atoms with Crippen molar-refractivity contribution >= 4 is 11.7 Å². The van der Waals surface area contributed by atoms with Crippen LogP contribution in [0.2, 0.25) is 0 Å². The largest absolute Gasteiger partial charge is 0.478 e. The number of anilines is 1. The third-order valence-corrected chi connectivity index (χ3v) is 2.83. The quantitative estimate of drug-likeness (QED) is 0.793. The Labute approximate surface area is 106 Å². The second kappa shape index (κ2) is 4.53. The predicted octanol–water partition coefficient (Wildman–Crippen LogP) is 3.25. The van der Waals surface area contributed by atoms with Crippen molar-refractivity contribution in [3.05, 3.63) is 53.1 Å². The average Bonchev–Trinajstić information content (AvgIpc) is 2.27. The van der Waals surface area contributed by atoms with E-state index in [1.807, 2.05) is 26.0 Å². The molecule has 0 atom stereocenters. The third kappa shape index (κ3) is 2.35. The minimum atomic E-state index is -0.944. The van der Waals surface area contributed by atoms with E-state index in [1.54, 1.807) is 12.1 Å². The number of nitrogen functional groups attached to an aromatic ring is 1. The minimum absolute atomic E-state index is 0.248. The second-order valence-corrected chi connectivity index (χ2v) is 4.48. The highest BCUT2D eigenvalue weighted by Crippen LogP contribution is 2.28. The van der Waals surface area contributed by atoms with Crippen LogP contribution in [0.4, 0.5) is 5.69 Å². The van der Waals surface area contributed by atoms with Gasteiger partial charge in [-0.1, -0.05) is 29.3 Å². The molecule has 0 spiro atoms. The van der Waals surface area contributed by atoms with Gasteiger partial charge in [-0.25, -0.2) is 4.79 Å². The van der Waals surface area contributed by atoms with E-state index < -0.39 is 5.97 Å². The first-order valence-corrected chi connectivity index (χ1v) is 5.69. The van der Waals surface area contributed by atoms with Gasteiger partial charge in [0.15, 0.2) is 0 Å². The van der Waals surface area contributed by atoms with E-state index in [0.29, 0.717) is 5.69 Å². The van der Waals surface area contributed by atoms with Gasteiger partial charge >= 0.3 is 5.97 Å². The summed E-state index contributed by atoms with van der Waals surface area (Å²) in [5.74, 6) is -0.944. The molecule has 0 radical (unpaired) electrons. The zero-order valence-corrected chi connectivity index (χ0v) is 10.4. The molecule has 0 aliphatic rings. The fourth-order valence-corrected chi connectivity index (χ4v) is 2.07. The Morgan fingerprint density at radius 3 is 2.22 bits per heavy atom. The standard InChI is InChI=1S/C15H15NO2/c1-9-5-10(2)7-12(6-9)13-8-11(15(17)18)3-4-14(13)16/h3-8H,16H2,1-2H3,(H,17,18). The van der Waals surface area contributed by atoms with Crippen molar-refractivity contribution in [2.45, 2.75) is 13.8 Å². The molecule has 0 unspecified atom stereocenters. The van der Waals surface area contributed by atoms with Crippen molar-refractivity contribution in [1.29, 1.82) is 0 Å². The fourth-order valence-electron chi connectivity index (χ4n) is 2.07. The van der Waals surface area contributed by atoms with Gasteiger partial charge in [-0.15, -0.1) is 0 Å². The summed E-state index contributed by atoms with van der Waals surface area (Å²) in [6.45, 7) is 4.02. The molecule has 0 heterocycles. The lowest BCUT2D eigenvalue weighted by atomic mass is 9.98. The number of nitrogens with two attached hydrogens (primary N) is 1. The van der Waals surface area contributed by atoms with Crippen LogP contribution in [-0.4, -0.2) is 11.1 Å². The molecule has 0 amide bonds. The molecule has 0 bridgehead atoms. The Morgan fingerprint density at radius 2 is 1.67 bits per heavy atom. The Balaban J connectivity index is 2.62. The Morgan fingerprint density at radius 1 is 1.06 bits per heavy atom. The number of hydrogen-bond acceptors (Lipinski definition) is 2. The molecular formula is C15H15NO2. The number of aromatic carboxylic acids is 1. The number of rotatable bonds is 2. The van der Waals surface area contributed by atoms with Gasteiger partial charge in [0.05, 0.1) is 5.56 Å². The average molecular weight is 241 g/mol. The van der Waals surface area contributed by atoms with E-state index in [-0.39, 0.29) is 5.56 Å². The SMILES string of the molecule is Cc1cc(C)cc(-c2cc(C(=O)O)ccc2N)c1. The monoisotopic (exact) mass is 241 g/mol. The first-order chi connectivity index (χ1) is 8.47. The van der Waals surface area contributed by atoms with Crippen LogP contribution in [0.15, 0.2) is 36.4 Å². The van der Waals surface area contributed by atoms with Crippen molar-refractivity contribution < 1.29 is 9.90 Å². The number of hydrogen-bond donors (Lipinski definition) is 2. The topological polar surface area (TPSA) is 63.3 Å². The molecule has 3 nitrogen and oxygen atoms in total. The van der Waals surface area contributed by atoms with Crippen LogP contribution in [-0.2, 0) is 0 Å². The van der Waals surface area contributed by atoms with E-state index in [1.165, 1.54) is 6.07 Å². The Kier molecular flexibility index (Phi) is 3.06. The van der Waals surface area contributed by atoms with Crippen LogP contribution in [0.1, 0.15) is 21.5 Å². The summed E-state index contributed by atoms with van der Waals surface area (Å²) in [7, 11) is 0. The molecule has 2 aromatic rings. The van der Waals surface area contributed by atoms with Gasteiger partial charge in [0.25, 0.3) is 0 Å². The summed E-state index contributed by atoms with van der Waals surface area (Å²) in [5.41, 5.74) is 10.7. The molecule has 3 heteroatoms. The number of benzene rings is 2. The van der Waals surface area contributed by atoms with Crippen molar-refractivity contribution in [2.75, 3.05) is 5.73 Å². The van der Waals surface area contributed by atoms with E-state index >= 15 is 0 Å². The summed E-state index contributed by atoms with van der Waals surface area (Å²) in [4.78, 5) is 11.0. The van der Waals surface area contributed by atoms with Crippen LogP contribution in [0.5, 0.6) is 0 Å². The first-order valence-electron chi connectivity index (χ1n) is 5.69. The maximum atomic E-state index is 11.0. The highest BCUT2D eigenvalue weighted by atomic mass is 16.4. The Hall–Kier alpha value is -2.29. The molecule has 0 aliphatic carbocycles. The highest BCUT2D eigenvalue weighted by molar-refractivity contribution is 5.91. The fraction of sp³-hybridized carbons (Fsp3) is 0.133. The van der Waals surface area contributed by atoms with Gasteiger partial charge < -0.3 is 10.8 Å². The van der Waals surface area contributed by atoms with Crippen LogP contribution < -0.4 is 5.73 Å². The van der Waals surface area contributed by atoms with Gasteiger partial charge in [-0.2, -0.15) is 0 Å². The molecule has 2 aromatic carbocycles. The lowest BCUT2D eigenvalue weighted by Gasteiger charge is -2.09. The van der Waals surface area contributed by atoms with Crippen molar-refractivity contribution in [1.82, 2.24) is 0 Å².